The van der Waals surface area contributed by atoms with Gasteiger partial charge >= 0.3 is 0 Å². The summed E-state index contributed by atoms with van der Waals surface area (Å²) in [6.45, 7) is 12.9. The lowest BCUT2D eigenvalue weighted by Crippen LogP contribution is -2.31. The molecular formula is C39H40FN5O2S. The van der Waals surface area contributed by atoms with Crippen molar-refractivity contribution in [3.63, 3.8) is 0 Å². The Morgan fingerprint density at radius 1 is 0.958 bits per heavy atom. The monoisotopic (exact) mass is 661 g/mol. The van der Waals surface area contributed by atoms with Crippen LogP contribution in [0.4, 0.5) is 16.0 Å². The average Bonchev–Trinajstić information content (AvgIpc) is 3.47. The summed E-state index contributed by atoms with van der Waals surface area (Å²) in [5.74, 6) is 1.10. The van der Waals surface area contributed by atoms with E-state index in [2.05, 4.69) is 55.7 Å². The number of amides is 1. The summed E-state index contributed by atoms with van der Waals surface area (Å²) in [6, 6.07) is 28.2. The standard InChI is InChI=1S/C39H40FN5O2S/c1-24-10-9-13-33(25(24)2)42-36(46)34-26(3)41-37-43-38(48-23-29-11-7-8-12-32(29)40)44-45(37)35(34)28-16-20-31(21-17-28)47-22-27-14-18-30(19-15-27)39(4,5)6/h7-21,35H,22-23H2,1-6H3,(H,42,46)(H,41,43,44). The first-order chi connectivity index (χ1) is 23.0. The Bertz CT molecular complexity index is 1980. The Labute approximate surface area is 285 Å². The zero-order valence-electron chi connectivity index (χ0n) is 28.1. The molecule has 0 fully saturated rings. The number of fused-ring (bicyclic) bond motifs is 1. The third-order valence-electron chi connectivity index (χ3n) is 8.67. The zero-order valence-corrected chi connectivity index (χ0v) is 28.9. The molecule has 9 heteroatoms. The summed E-state index contributed by atoms with van der Waals surface area (Å²) in [6.07, 6.45) is 0. The van der Waals surface area contributed by atoms with Crippen LogP contribution in [0.5, 0.6) is 5.75 Å². The number of nitrogens with zero attached hydrogens (tertiary/aromatic N) is 3. The number of allylic oxidation sites excluding steroid dienone is 1. The van der Waals surface area contributed by atoms with Gasteiger partial charge in [-0.2, -0.15) is 4.98 Å². The van der Waals surface area contributed by atoms with Crippen molar-refractivity contribution in [1.82, 2.24) is 14.8 Å². The van der Waals surface area contributed by atoms with E-state index in [4.69, 9.17) is 14.8 Å². The highest BCUT2D eigenvalue weighted by Crippen LogP contribution is 2.38. The summed E-state index contributed by atoms with van der Waals surface area (Å²) in [4.78, 5) is 18.8. The van der Waals surface area contributed by atoms with E-state index in [0.29, 0.717) is 40.3 Å². The van der Waals surface area contributed by atoms with Crippen LogP contribution in [-0.4, -0.2) is 20.7 Å². The summed E-state index contributed by atoms with van der Waals surface area (Å²) < 4.78 is 22.2. The van der Waals surface area contributed by atoms with Gasteiger partial charge in [-0.15, -0.1) is 5.10 Å². The maximum atomic E-state index is 14.3. The van der Waals surface area contributed by atoms with Crippen LogP contribution >= 0.6 is 11.8 Å². The number of halogens is 1. The van der Waals surface area contributed by atoms with Crippen LogP contribution < -0.4 is 15.4 Å². The summed E-state index contributed by atoms with van der Waals surface area (Å²) >= 11 is 1.34. The molecule has 0 spiro atoms. The van der Waals surface area contributed by atoms with Crippen LogP contribution in [0.1, 0.15) is 67.1 Å². The van der Waals surface area contributed by atoms with Gasteiger partial charge in [0, 0.05) is 17.1 Å². The smallest absolute Gasteiger partial charge is 0.255 e. The molecule has 0 aliphatic carbocycles. The second-order valence-electron chi connectivity index (χ2n) is 13.1. The predicted molar refractivity (Wildman–Crippen MR) is 191 cm³/mol. The van der Waals surface area contributed by atoms with Crippen LogP contribution in [0.3, 0.4) is 0 Å². The zero-order chi connectivity index (χ0) is 34.0. The van der Waals surface area contributed by atoms with Crippen molar-refractivity contribution in [1.29, 1.82) is 0 Å². The number of rotatable bonds is 9. The maximum absolute atomic E-state index is 14.3. The molecule has 4 aromatic carbocycles. The number of benzene rings is 4. The quantitative estimate of drug-likeness (QED) is 0.153. The Kier molecular flexibility index (Phi) is 9.42. The van der Waals surface area contributed by atoms with Gasteiger partial charge in [0.25, 0.3) is 5.91 Å². The normalized spacial score (nSPS) is 14.4. The fourth-order valence-electron chi connectivity index (χ4n) is 5.64. The van der Waals surface area contributed by atoms with Crippen LogP contribution in [0.2, 0.25) is 0 Å². The minimum absolute atomic E-state index is 0.0918. The molecule has 2 heterocycles. The van der Waals surface area contributed by atoms with E-state index < -0.39 is 6.04 Å². The molecule has 7 nitrogen and oxygen atoms in total. The van der Waals surface area contributed by atoms with E-state index in [1.165, 1.54) is 23.4 Å². The second-order valence-corrected chi connectivity index (χ2v) is 14.1. The highest BCUT2D eigenvalue weighted by atomic mass is 32.2. The molecule has 246 valence electrons. The Morgan fingerprint density at radius 3 is 2.40 bits per heavy atom. The summed E-state index contributed by atoms with van der Waals surface area (Å²) in [5.41, 5.74) is 7.92. The number of hydrogen-bond donors (Lipinski definition) is 2. The number of aryl methyl sites for hydroxylation is 1. The van der Waals surface area contributed by atoms with E-state index in [0.717, 1.165) is 33.7 Å². The highest BCUT2D eigenvalue weighted by Gasteiger charge is 2.34. The fraction of sp³-hybridized carbons (Fsp3) is 0.256. The average molecular weight is 662 g/mol. The Balaban J connectivity index is 1.28. The van der Waals surface area contributed by atoms with Crippen LogP contribution in [-0.2, 0) is 22.6 Å². The van der Waals surface area contributed by atoms with Crippen LogP contribution in [0.15, 0.2) is 107 Å². The van der Waals surface area contributed by atoms with Gasteiger partial charge in [-0.25, -0.2) is 9.07 Å². The minimum atomic E-state index is -0.569. The summed E-state index contributed by atoms with van der Waals surface area (Å²) in [7, 11) is 0. The molecule has 0 saturated heterocycles. The molecule has 6 rings (SSSR count). The number of ether oxygens (including phenoxy) is 1. The number of carbonyl (C=O) groups excluding carboxylic acids is 1. The van der Waals surface area contributed by atoms with Gasteiger partial charge in [0.05, 0.1) is 5.57 Å². The first kappa shape index (κ1) is 33.0. The molecule has 0 bridgehead atoms. The molecule has 0 radical (unpaired) electrons. The van der Waals surface area contributed by atoms with Crippen molar-refractivity contribution in [2.75, 3.05) is 10.6 Å². The number of carbonyl (C=O) groups is 1. The van der Waals surface area contributed by atoms with Gasteiger partial charge < -0.3 is 15.4 Å². The molecule has 1 aliphatic rings. The van der Waals surface area contributed by atoms with Gasteiger partial charge in [0.1, 0.15) is 24.2 Å². The third-order valence-corrected chi connectivity index (χ3v) is 9.55. The van der Waals surface area contributed by atoms with Gasteiger partial charge in [0.2, 0.25) is 11.1 Å². The SMILES string of the molecule is CC1=C(C(=O)Nc2cccc(C)c2C)C(c2ccc(OCc3ccc(C(C)(C)C)cc3)cc2)n2nc(SCc3ccccc3F)nc2N1. The van der Waals surface area contributed by atoms with E-state index >= 15 is 0 Å². The third kappa shape index (κ3) is 7.16. The van der Waals surface area contributed by atoms with Crippen LogP contribution in [0, 0.1) is 19.7 Å². The molecular weight excluding hydrogens is 622 g/mol. The highest BCUT2D eigenvalue weighted by molar-refractivity contribution is 7.98. The molecule has 5 aromatic rings. The van der Waals surface area contributed by atoms with Crippen molar-refractivity contribution in [3.05, 3.63) is 141 Å². The summed E-state index contributed by atoms with van der Waals surface area (Å²) in [5, 5.41) is 11.7. The predicted octanol–water partition coefficient (Wildman–Crippen LogP) is 9.13. The van der Waals surface area contributed by atoms with Crippen molar-refractivity contribution >= 4 is 29.3 Å². The van der Waals surface area contributed by atoms with Crippen molar-refractivity contribution in [2.24, 2.45) is 0 Å². The van der Waals surface area contributed by atoms with E-state index in [-0.39, 0.29) is 17.1 Å². The first-order valence-electron chi connectivity index (χ1n) is 16.0. The number of aromatic nitrogens is 3. The lowest BCUT2D eigenvalue weighted by atomic mass is 9.87. The molecule has 0 saturated carbocycles. The fourth-order valence-corrected chi connectivity index (χ4v) is 6.46. The van der Waals surface area contributed by atoms with Gasteiger partial charge in [-0.1, -0.05) is 99.3 Å². The molecule has 2 N–H and O–H groups in total. The molecule has 48 heavy (non-hydrogen) atoms. The number of thioether (sulfide) groups is 1. The molecule has 1 unspecified atom stereocenters. The maximum Gasteiger partial charge on any atom is 0.255 e. The van der Waals surface area contributed by atoms with Gasteiger partial charge in [-0.3, -0.25) is 4.79 Å². The van der Waals surface area contributed by atoms with Crippen molar-refractivity contribution < 1.29 is 13.9 Å². The number of anilines is 2. The molecule has 1 atom stereocenters. The minimum Gasteiger partial charge on any atom is -0.489 e. The van der Waals surface area contributed by atoms with Gasteiger partial charge in [0.15, 0.2) is 0 Å². The molecule has 1 amide bonds. The Morgan fingerprint density at radius 2 is 1.69 bits per heavy atom. The largest absolute Gasteiger partial charge is 0.489 e. The molecule has 1 aromatic heterocycles. The van der Waals surface area contributed by atoms with E-state index in [9.17, 15) is 9.18 Å². The number of hydrogen-bond acceptors (Lipinski definition) is 6. The van der Waals surface area contributed by atoms with Crippen LogP contribution in [0.25, 0.3) is 0 Å². The van der Waals surface area contributed by atoms with E-state index in [1.54, 1.807) is 16.8 Å². The molecule has 1 aliphatic heterocycles. The Hall–Kier alpha value is -4.89. The topological polar surface area (TPSA) is 81.1 Å². The number of nitrogens with one attached hydrogen (secondary N) is 2. The second kappa shape index (κ2) is 13.7. The van der Waals surface area contributed by atoms with Crippen molar-refractivity contribution in [2.45, 2.75) is 70.5 Å². The lowest BCUT2D eigenvalue weighted by molar-refractivity contribution is -0.113. The van der Waals surface area contributed by atoms with E-state index in [1.807, 2.05) is 69.3 Å². The lowest BCUT2D eigenvalue weighted by Gasteiger charge is -2.29. The van der Waals surface area contributed by atoms with Gasteiger partial charge in [-0.05, 0) is 83.8 Å². The van der Waals surface area contributed by atoms with Crippen molar-refractivity contribution in [3.8, 4) is 5.75 Å². The first-order valence-corrected chi connectivity index (χ1v) is 17.0.